The van der Waals surface area contributed by atoms with Crippen molar-refractivity contribution in [1.29, 1.82) is 0 Å². The van der Waals surface area contributed by atoms with E-state index >= 15 is 0 Å². The van der Waals surface area contributed by atoms with E-state index in [9.17, 15) is 0 Å². The molecule has 1 aromatic rings. The number of hydrogen-bond donors (Lipinski definition) is 2. The summed E-state index contributed by atoms with van der Waals surface area (Å²) < 4.78 is 5.82. The standard InChI is InChI=1S/C14H21NO2/c1-11(16)5-4-8-15-10-13-9-12-6-2-3-7-14(12)17-13/h2-3,6-7,11,13,15-16H,4-5,8-10H2,1H3. The molecule has 0 spiro atoms. The van der Waals surface area contributed by atoms with Crippen molar-refractivity contribution in [2.24, 2.45) is 0 Å². The summed E-state index contributed by atoms with van der Waals surface area (Å²) in [6, 6.07) is 8.23. The smallest absolute Gasteiger partial charge is 0.123 e. The molecule has 3 nitrogen and oxygen atoms in total. The number of rotatable bonds is 6. The summed E-state index contributed by atoms with van der Waals surface area (Å²) in [4.78, 5) is 0. The highest BCUT2D eigenvalue weighted by atomic mass is 16.5. The van der Waals surface area contributed by atoms with E-state index in [0.717, 1.165) is 38.1 Å². The maximum absolute atomic E-state index is 9.13. The summed E-state index contributed by atoms with van der Waals surface area (Å²) in [5.74, 6) is 1.03. The first-order chi connectivity index (χ1) is 8.25. The van der Waals surface area contributed by atoms with Crippen LogP contribution in [0.25, 0.3) is 0 Å². The lowest BCUT2D eigenvalue weighted by Crippen LogP contribution is -2.30. The lowest BCUT2D eigenvalue weighted by Gasteiger charge is -2.12. The zero-order chi connectivity index (χ0) is 12.1. The molecule has 1 heterocycles. The fourth-order valence-electron chi connectivity index (χ4n) is 2.15. The highest BCUT2D eigenvalue weighted by molar-refractivity contribution is 5.37. The minimum Gasteiger partial charge on any atom is -0.488 e. The molecule has 2 atom stereocenters. The molecule has 0 amide bonds. The highest BCUT2D eigenvalue weighted by Gasteiger charge is 2.21. The largest absolute Gasteiger partial charge is 0.488 e. The van der Waals surface area contributed by atoms with Crippen LogP contribution >= 0.6 is 0 Å². The Bertz CT molecular complexity index is 327. The van der Waals surface area contributed by atoms with Crippen LogP contribution in [-0.4, -0.2) is 30.4 Å². The Hall–Kier alpha value is -1.06. The SMILES string of the molecule is CC(O)CCCNCC1Cc2ccccc2O1. The van der Waals surface area contributed by atoms with E-state index in [1.165, 1.54) is 5.56 Å². The zero-order valence-electron chi connectivity index (χ0n) is 10.4. The maximum atomic E-state index is 9.13. The molecular weight excluding hydrogens is 214 g/mol. The molecule has 0 aliphatic carbocycles. The normalized spacial score (nSPS) is 19.8. The molecule has 0 bridgehead atoms. The van der Waals surface area contributed by atoms with E-state index in [4.69, 9.17) is 9.84 Å². The Morgan fingerprint density at radius 1 is 1.47 bits per heavy atom. The fraction of sp³-hybridized carbons (Fsp3) is 0.571. The molecular formula is C14H21NO2. The van der Waals surface area contributed by atoms with Crippen molar-refractivity contribution in [3.63, 3.8) is 0 Å². The number of aliphatic hydroxyl groups excluding tert-OH is 1. The van der Waals surface area contributed by atoms with Crippen molar-refractivity contribution in [2.45, 2.75) is 38.4 Å². The molecule has 0 saturated heterocycles. The van der Waals surface area contributed by atoms with Crippen LogP contribution in [0, 0.1) is 0 Å². The fourth-order valence-corrected chi connectivity index (χ4v) is 2.15. The van der Waals surface area contributed by atoms with Gasteiger partial charge in [0.05, 0.1) is 6.10 Å². The van der Waals surface area contributed by atoms with Crippen molar-refractivity contribution in [3.8, 4) is 5.75 Å². The Morgan fingerprint density at radius 3 is 3.06 bits per heavy atom. The molecule has 0 aromatic heterocycles. The number of nitrogens with one attached hydrogen (secondary N) is 1. The molecule has 17 heavy (non-hydrogen) atoms. The zero-order valence-corrected chi connectivity index (χ0v) is 10.4. The number of hydrogen-bond acceptors (Lipinski definition) is 3. The van der Waals surface area contributed by atoms with Gasteiger partial charge in [-0.05, 0) is 37.9 Å². The lowest BCUT2D eigenvalue weighted by atomic mass is 10.1. The van der Waals surface area contributed by atoms with Gasteiger partial charge in [-0.15, -0.1) is 0 Å². The lowest BCUT2D eigenvalue weighted by molar-refractivity contribution is 0.180. The van der Waals surface area contributed by atoms with Crippen LogP contribution in [0.3, 0.4) is 0 Å². The van der Waals surface area contributed by atoms with Gasteiger partial charge in [-0.1, -0.05) is 18.2 Å². The quantitative estimate of drug-likeness (QED) is 0.738. The number of aliphatic hydroxyl groups is 1. The van der Waals surface area contributed by atoms with Gasteiger partial charge in [0.25, 0.3) is 0 Å². The summed E-state index contributed by atoms with van der Waals surface area (Å²) in [7, 11) is 0. The van der Waals surface area contributed by atoms with Gasteiger partial charge < -0.3 is 15.2 Å². The molecule has 2 rings (SSSR count). The second kappa shape index (κ2) is 6.03. The summed E-state index contributed by atoms with van der Waals surface area (Å²) in [6.07, 6.45) is 2.94. The van der Waals surface area contributed by atoms with Gasteiger partial charge in [0.1, 0.15) is 11.9 Å². The first-order valence-corrected chi connectivity index (χ1v) is 6.39. The van der Waals surface area contributed by atoms with Crippen molar-refractivity contribution in [2.75, 3.05) is 13.1 Å². The van der Waals surface area contributed by atoms with Crippen LogP contribution in [0.2, 0.25) is 0 Å². The van der Waals surface area contributed by atoms with Gasteiger partial charge in [-0.2, -0.15) is 0 Å². The number of benzene rings is 1. The van der Waals surface area contributed by atoms with Crippen LogP contribution in [-0.2, 0) is 6.42 Å². The molecule has 2 N–H and O–H groups in total. The Balaban J connectivity index is 1.63. The first-order valence-electron chi connectivity index (χ1n) is 6.39. The van der Waals surface area contributed by atoms with Gasteiger partial charge in [0.15, 0.2) is 0 Å². The topological polar surface area (TPSA) is 41.5 Å². The van der Waals surface area contributed by atoms with Crippen molar-refractivity contribution >= 4 is 0 Å². The van der Waals surface area contributed by atoms with Crippen LogP contribution < -0.4 is 10.1 Å². The predicted octanol–water partition coefficient (Wildman–Crippen LogP) is 1.74. The molecule has 94 valence electrons. The monoisotopic (exact) mass is 235 g/mol. The molecule has 0 radical (unpaired) electrons. The van der Waals surface area contributed by atoms with Crippen LogP contribution in [0.4, 0.5) is 0 Å². The van der Waals surface area contributed by atoms with E-state index in [2.05, 4.69) is 17.4 Å². The molecule has 1 aromatic carbocycles. The van der Waals surface area contributed by atoms with Gasteiger partial charge >= 0.3 is 0 Å². The van der Waals surface area contributed by atoms with Gasteiger partial charge in [0, 0.05) is 13.0 Å². The highest BCUT2D eigenvalue weighted by Crippen LogP contribution is 2.27. The van der Waals surface area contributed by atoms with Crippen LogP contribution in [0.1, 0.15) is 25.3 Å². The average molecular weight is 235 g/mol. The summed E-state index contributed by atoms with van der Waals surface area (Å²) in [5, 5.41) is 12.5. The Kier molecular flexibility index (Phi) is 4.40. The van der Waals surface area contributed by atoms with Gasteiger partial charge in [-0.25, -0.2) is 0 Å². The minimum absolute atomic E-state index is 0.191. The second-order valence-electron chi connectivity index (χ2n) is 4.75. The third-order valence-corrected chi connectivity index (χ3v) is 3.06. The second-order valence-corrected chi connectivity index (χ2v) is 4.75. The van der Waals surface area contributed by atoms with Crippen molar-refractivity contribution in [1.82, 2.24) is 5.32 Å². The number of para-hydroxylation sites is 1. The van der Waals surface area contributed by atoms with Crippen LogP contribution in [0.15, 0.2) is 24.3 Å². The van der Waals surface area contributed by atoms with Crippen LogP contribution in [0.5, 0.6) is 5.75 Å². The maximum Gasteiger partial charge on any atom is 0.123 e. The van der Waals surface area contributed by atoms with E-state index in [1.54, 1.807) is 0 Å². The minimum atomic E-state index is -0.191. The molecule has 0 fully saturated rings. The average Bonchev–Trinajstić information content (AvgIpc) is 2.70. The number of fused-ring (bicyclic) bond motifs is 1. The van der Waals surface area contributed by atoms with E-state index in [0.29, 0.717) is 0 Å². The summed E-state index contributed by atoms with van der Waals surface area (Å²) in [5.41, 5.74) is 1.31. The summed E-state index contributed by atoms with van der Waals surface area (Å²) >= 11 is 0. The third-order valence-electron chi connectivity index (χ3n) is 3.06. The van der Waals surface area contributed by atoms with Gasteiger partial charge in [0.2, 0.25) is 0 Å². The predicted molar refractivity (Wildman–Crippen MR) is 68.3 cm³/mol. The molecule has 2 unspecified atom stereocenters. The van der Waals surface area contributed by atoms with Crippen molar-refractivity contribution in [3.05, 3.63) is 29.8 Å². The summed E-state index contributed by atoms with van der Waals surface area (Å²) in [6.45, 7) is 3.66. The first kappa shape index (κ1) is 12.4. The molecule has 1 aliphatic heterocycles. The Labute approximate surface area is 103 Å². The van der Waals surface area contributed by atoms with E-state index in [1.807, 2.05) is 19.1 Å². The molecule has 1 aliphatic rings. The molecule has 3 heteroatoms. The molecule has 0 saturated carbocycles. The van der Waals surface area contributed by atoms with E-state index < -0.39 is 0 Å². The third kappa shape index (κ3) is 3.72. The van der Waals surface area contributed by atoms with Crippen molar-refractivity contribution < 1.29 is 9.84 Å². The van der Waals surface area contributed by atoms with E-state index in [-0.39, 0.29) is 12.2 Å². The van der Waals surface area contributed by atoms with Gasteiger partial charge in [-0.3, -0.25) is 0 Å². The Morgan fingerprint density at radius 2 is 2.29 bits per heavy atom. The number of ether oxygens (including phenoxy) is 1.